The van der Waals surface area contributed by atoms with Crippen LogP contribution in [0.25, 0.3) is 22.0 Å². The summed E-state index contributed by atoms with van der Waals surface area (Å²) in [4.78, 5) is 21.4. The highest BCUT2D eigenvalue weighted by molar-refractivity contribution is 6.83. The lowest BCUT2D eigenvalue weighted by Crippen LogP contribution is -2.42. The average molecular weight is 571 g/mol. The van der Waals surface area contributed by atoms with Crippen molar-refractivity contribution < 1.29 is 14.3 Å². The lowest BCUT2D eigenvalue weighted by atomic mass is 10.1. The molecule has 2 heterocycles. The van der Waals surface area contributed by atoms with Gasteiger partial charge in [0.1, 0.15) is 26.5 Å². The number of carbonyl (C=O) groups is 1. The van der Waals surface area contributed by atoms with E-state index >= 15 is 0 Å². The summed E-state index contributed by atoms with van der Waals surface area (Å²) in [6.45, 7) is 14.3. The zero-order valence-corrected chi connectivity index (χ0v) is 26.0. The van der Waals surface area contributed by atoms with E-state index in [9.17, 15) is 4.79 Å². The van der Waals surface area contributed by atoms with Crippen LogP contribution in [0.5, 0.6) is 5.75 Å². The Morgan fingerprint density at radius 2 is 1.88 bits per heavy atom. The molecule has 0 bridgehead atoms. The molecule has 10 heteroatoms. The molecule has 0 saturated heterocycles. The number of hydrogen-bond acceptors (Lipinski definition) is 7. The van der Waals surface area contributed by atoms with Crippen molar-refractivity contribution in [1.82, 2.24) is 25.1 Å². The van der Waals surface area contributed by atoms with Gasteiger partial charge in [-0.3, -0.25) is 4.68 Å². The summed E-state index contributed by atoms with van der Waals surface area (Å²) in [7, 11) is 0.407. The normalized spacial score (nSPS) is 12.3. The van der Waals surface area contributed by atoms with Crippen molar-refractivity contribution in [3.05, 3.63) is 60.6 Å². The summed E-state index contributed by atoms with van der Waals surface area (Å²) in [6, 6.07) is 11.8. The van der Waals surface area contributed by atoms with E-state index in [1.807, 2.05) is 70.4 Å². The smallest absolute Gasteiger partial charge is 0.407 e. The maximum Gasteiger partial charge on any atom is 0.407 e. The van der Waals surface area contributed by atoms with Crippen molar-refractivity contribution >= 4 is 36.7 Å². The number of aryl methyl sites for hydroxylation is 1. The van der Waals surface area contributed by atoms with Gasteiger partial charge in [-0.25, -0.2) is 14.8 Å². The molecule has 1 atom stereocenters. The van der Waals surface area contributed by atoms with Crippen LogP contribution in [0.15, 0.2) is 55.0 Å². The largest absolute Gasteiger partial charge is 0.490 e. The molecule has 0 fully saturated rings. The number of aromatic nitrogens is 4. The fourth-order valence-corrected chi connectivity index (χ4v) is 4.34. The van der Waals surface area contributed by atoms with Crippen molar-refractivity contribution in [2.75, 3.05) is 11.9 Å². The van der Waals surface area contributed by atoms with Crippen LogP contribution in [-0.2, 0) is 11.8 Å². The van der Waals surface area contributed by atoms with Crippen LogP contribution < -0.4 is 15.4 Å². The average Bonchev–Trinajstić information content (AvgIpc) is 3.31. The van der Waals surface area contributed by atoms with Gasteiger partial charge in [0.25, 0.3) is 0 Å². The summed E-state index contributed by atoms with van der Waals surface area (Å²) >= 11 is 0. The van der Waals surface area contributed by atoms with Crippen molar-refractivity contribution in [3.8, 4) is 28.3 Å². The first kappa shape index (κ1) is 29.6. The highest BCUT2D eigenvalue weighted by atomic mass is 28.3. The van der Waals surface area contributed by atoms with Crippen molar-refractivity contribution in [2.45, 2.75) is 59.0 Å². The predicted molar refractivity (Wildman–Crippen MR) is 166 cm³/mol. The zero-order valence-electron chi connectivity index (χ0n) is 25.0. The van der Waals surface area contributed by atoms with Gasteiger partial charge in [0.05, 0.1) is 11.7 Å². The lowest BCUT2D eigenvalue weighted by molar-refractivity contribution is 0.0707. The van der Waals surface area contributed by atoms with Gasteiger partial charge < -0.3 is 20.1 Å². The number of nitrogens with one attached hydrogen (secondary N) is 2. The van der Waals surface area contributed by atoms with Gasteiger partial charge in [0.2, 0.25) is 5.95 Å². The summed E-state index contributed by atoms with van der Waals surface area (Å²) in [5.74, 6) is 4.35. The third-order valence-electron chi connectivity index (χ3n) is 5.63. The number of amides is 1. The van der Waals surface area contributed by atoms with Crippen LogP contribution in [0.3, 0.4) is 0 Å². The molecule has 4 aromatic rings. The van der Waals surface area contributed by atoms with Crippen LogP contribution in [0.1, 0.15) is 33.3 Å². The minimum absolute atomic E-state index is 0.183. The number of nitrogens with zero attached hydrogens (tertiary/aromatic N) is 4. The molecule has 0 saturated carbocycles. The molecule has 0 radical (unpaired) electrons. The standard InChI is InChI=1S/C31H38N6O3Si/c1-21(40-30(38)36-31(2,3)4)20-39-27-15-23(25-18-33-37(5)19-25)14-26(16-27)34-29-32-17-24-13-22(9-10-28(24)35-29)11-12-41(6,7)8/h9-10,13-19,21H,20H2,1-8H3,(H,36,38)(H,32,34,35)/t21-/m0/s1. The van der Waals surface area contributed by atoms with Gasteiger partial charge in [-0.1, -0.05) is 25.6 Å². The number of ether oxygens (including phenoxy) is 2. The summed E-state index contributed by atoms with van der Waals surface area (Å²) in [6.07, 6.45) is 4.58. The van der Waals surface area contributed by atoms with E-state index < -0.39 is 20.3 Å². The van der Waals surface area contributed by atoms with E-state index in [-0.39, 0.29) is 12.1 Å². The first-order valence-corrected chi connectivity index (χ1v) is 17.1. The Kier molecular flexibility index (Phi) is 8.68. The number of benzene rings is 2. The number of hydrogen-bond donors (Lipinski definition) is 2. The molecular formula is C31H38N6O3Si. The topological polar surface area (TPSA) is 103 Å². The molecule has 214 valence electrons. The monoisotopic (exact) mass is 570 g/mol. The molecule has 1 amide bonds. The molecule has 2 aromatic carbocycles. The van der Waals surface area contributed by atoms with Crippen LogP contribution in [-0.4, -0.2) is 52.2 Å². The molecule has 2 N–H and O–H groups in total. The Labute approximate surface area is 242 Å². The minimum atomic E-state index is -1.46. The van der Waals surface area contributed by atoms with E-state index in [0.717, 1.165) is 33.3 Å². The molecule has 0 aliphatic carbocycles. The van der Waals surface area contributed by atoms with Crippen LogP contribution in [0.2, 0.25) is 19.6 Å². The summed E-state index contributed by atoms with van der Waals surface area (Å²) in [5.41, 5.74) is 7.38. The molecule has 4 rings (SSSR count). The minimum Gasteiger partial charge on any atom is -0.490 e. The second kappa shape index (κ2) is 12.0. The first-order valence-electron chi connectivity index (χ1n) is 13.6. The number of alkyl carbamates (subject to hydrolysis) is 1. The first-order chi connectivity index (χ1) is 19.2. The lowest BCUT2D eigenvalue weighted by Gasteiger charge is -2.22. The van der Waals surface area contributed by atoms with E-state index in [1.54, 1.807) is 24.0 Å². The van der Waals surface area contributed by atoms with Gasteiger partial charge in [-0.2, -0.15) is 5.10 Å². The SMILES string of the molecule is C[C@@H](COc1cc(Nc2ncc3cc(C#C[Si](C)(C)C)ccc3n2)cc(-c2cnn(C)c2)c1)OC(=O)NC(C)(C)C. The quantitative estimate of drug-likeness (QED) is 0.199. The van der Waals surface area contributed by atoms with E-state index in [0.29, 0.717) is 11.7 Å². The highest BCUT2D eigenvalue weighted by Crippen LogP contribution is 2.30. The van der Waals surface area contributed by atoms with E-state index in [2.05, 4.69) is 51.8 Å². The number of rotatable bonds is 7. The fraction of sp³-hybridized carbons (Fsp3) is 0.355. The fourth-order valence-electron chi connectivity index (χ4n) is 3.82. The van der Waals surface area contributed by atoms with Crippen molar-refractivity contribution in [1.29, 1.82) is 0 Å². The molecule has 0 unspecified atom stereocenters. The van der Waals surface area contributed by atoms with Gasteiger partial charge in [-0.05, 0) is 63.6 Å². The molecule has 0 aliphatic rings. The molecular weight excluding hydrogens is 532 g/mol. The number of carbonyl (C=O) groups excluding carboxylic acids is 1. The molecule has 41 heavy (non-hydrogen) atoms. The Morgan fingerprint density at radius 3 is 2.56 bits per heavy atom. The molecule has 0 aliphatic heterocycles. The maximum absolute atomic E-state index is 12.1. The second-order valence-electron chi connectivity index (χ2n) is 12.1. The number of fused-ring (bicyclic) bond motifs is 1. The third kappa shape index (κ3) is 9.08. The van der Waals surface area contributed by atoms with Crippen LogP contribution in [0, 0.1) is 11.5 Å². The number of anilines is 2. The second-order valence-corrected chi connectivity index (χ2v) is 16.9. The maximum atomic E-state index is 12.1. The van der Waals surface area contributed by atoms with Gasteiger partial charge in [0.15, 0.2) is 0 Å². The predicted octanol–water partition coefficient (Wildman–Crippen LogP) is 6.29. The van der Waals surface area contributed by atoms with Crippen LogP contribution in [0.4, 0.5) is 16.4 Å². The third-order valence-corrected chi connectivity index (χ3v) is 6.51. The Bertz CT molecular complexity index is 1610. The van der Waals surface area contributed by atoms with Gasteiger partial charge in [0, 0.05) is 53.2 Å². The molecule has 0 spiro atoms. The van der Waals surface area contributed by atoms with Crippen molar-refractivity contribution in [2.24, 2.45) is 7.05 Å². The van der Waals surface area contributed by atoms with Crippen LogP contribution >= 0.6 is 0 Å². The molecule has 9 nitrogen and oxygen atoms in total. The Hall–Kier alpha value is -4.36. The zero-order chi connectivity index (χ0) is 29.8. The molecule has 2 aromatic heterocycles. The van der Waals surface area contributed by atoms with Gasteiger partial charge in [-0.15, -0.1) is 5.54 Å². The highest BCUT2D eigenvalue weighted by Gasteiger charge is 2.18. The summed E-state index contributed by atoms with van der Waals surface area (Å²) < 4.78 is 13.2. The van der Waals surface area contributed by atoms with Gasteiger partial charge >= 0.3 is 6.09 Å². The summed E-state index contributed by atoms with van der Waals surface area (Å²) in [5, 5.41) is 11.3. The van der Waals surface area contributed by atoms with Crippen molar-refractivity contribution in [3.63, 3.8) is 0 Å². The Balaban J connectivity index is 1.54. The van der Waals surface area contributed by atoms with E-state index in [1.165, 1.54) is 0 Å². The van der Waals surface area contributed by atoms with E-state index in [4.69, 9.17) is 14.5 Å². The Morgan fingerprint density at radius 1 is 1.10 bits per heavy atom.